The van der Waals surface area contributed by atoms with Crippen LogP contribution in [0.1, 0.15) is 17.7 Å². The van der Waals surface area contributed by atoms with Crippen molar-refractivity contribution in [1.82, 2.24) is 9.13 Å². The number of nitrogens with zero attached hydrogens (tertiary/aromatic N) is 2. The molecule has 0 N–H and O–H groups in total. The van der Waals surface area contributed by atoms with Crippen molar-refractivity contribution in [3.63, 3.8) is 0 Å². The molecule has 244 valence electrons. The van der Waals surface area contributed by atoms with Gasteiger partial charge in [-0.2, -0.15) is 0 Å². The lowest BCUT2D eigenvalue weighted by atomic mass is 10.0. The molecule has 0 saturated heterocycles. The van der Waals surface area contributed by atoms with Gasteiger partial charge in [0.25, 0.3) is 0 Å². The topological polar surface area (TPSA) is 23.0 Å². The van der Waals surface area contributed by atoms with Gasteiger partial charge >= 0.3 is 0 Å². The first kappa shape index (κ1) is 28.3. The van der Waals surface area contributed by atoms with E-state index in [-0.39, 0.29) is 0 Å². The molecular weight excluding hydrogens is 653 g/mol. The smallest absolute Gasteiger partial charge is 0.143 e. The van der Waals surface area contributed by atoms with Crippen molar-refractivity contribution in [2.45, 2.75) is 12.8 Å². The molecule has 1 aliphatic rings. The van der Waals surface area contributed by atoms with Gasteiger partial charge in [0.1, 0.15) is 11.2 Å². The number of rotatable bonds is 3. The number of furan rings is 1. The molecule has 0 aliphatic heterocycles. The van der Waals surface area contributed by atoms with Crippen LogP contribution in [0.15, 0.2) is 156 Å². The summed E-state index contributed by atoms with van der Waals surface area (Å²) in [5.74, 6) is 0. The molecule has 0 atom stereocenters. The quantitative estimate of drug-likeness (QED) is 0.182. The van der Waals surface area contributed by atoms with Crippen molar-refractivity contribution in [2.75, 3.05) is 0 Å². The summed E-state index contributed by atoms with van der Waals surface area (Å²) < 4.78 is 14.3. The maximum Gasteiger partial charge on any atom is 0.143 e. The van der Waals surface area contributed by atoms with E-state index in [1.807, 2.05) is 17.4 Å². The molecule has 0 radical (unpaired) electrons. The number of fused-ring (bicyclic) bond motifs is 13. The number of para-hydroxylation sites is 4. The third-order valence-corrected chi connectivity index (χ3v) is 12.4. The van der Waals surface area contributed by atoms with Gasteiger partial charge in [-0.05, 0) is 60.9 Å². The fourth-order valence-corrected chi connectivity index (χ4v) is 10.3. The molecule has 0 amide bonds. The van der Waals surface area contributed by atoms with Crippen molar-refractivity contribution < 1.29 is 4.42 Å². The number of benzene rings is 7. The maximum absolute atomic E-state index is 6.53. The molecule has 4 heteroatoms. The molecular formula is C48H30N2OS. The summed E-state index contributed by atoms with van der Waals surface area (Å²) in [6.45, 7) is 0. The fourth-order valence-electron chi connectivity index (χ4n) is 9.00. The minimum absolute atomic E-state index is 0.914. The van der Waals surface area contributed by atoms with Gasteiger partial charge < -0.3 is 13.6 Å². The Morgan fingerprint density at radius 1 is 0.577 bits per heavy atom. The molecule has 0 unspecified atom stereocenters. The predicted octanol–water partition coefficient (Wildman–Crippen LogP) is 13.6. The molecule has 52 heavy (non-hydrogen) atoms. The zero-order valence-corrected chi connectivity index (χ0v) is 29.0. The van der Waals surface area contributed by atoms with Gasteiger partial charge in [0.05, 0.1) is 22.2 Å². The number of hydrogen-bond donors (Lipinski definition) is 0. The second-order valence-electron chi connectivity index (χ2n) is 13.9. The first-order valence-corrected chi connectivity index (χ1v) is 18.8. The number of aromatic nitrogens is 2. The Bertz CT molecular complexity index is 3310. The first-order valence-electron chi connectivity index (χ1n) is 18.0. The number of allylic oxidation sites excluding steroid dienone is 1. The molecule has 12 rings (SSSR count). The molecule has 3 nitrogen and oxygen atoms in total. The highest BCUT2D eigenvalue weighted by atomic mass is 32.1. The minimum Gasteiger partial charge on any atom is -0.455 e. The SMILES string of the molecule is C1=Cc2c(n(-c3cccc4c5c6sc7ccccc7c6ccc5n(-c5cccc(-c6cccc7c6oc6ccccc67)c5)c34)c3ccccc23)CC1. The molecule has 0 bridgehead atoms. The molecule has 0 saturated carbocycles. The van der Waals surface area contributed by atoms with Crippen LogP contribution in [0.3, 0.4) is 0 Å². The van der Waals surface area contributed by atoms with Crippen LogP contribution in [0.2, 0.25) is 0 Å². The van der Waals surface area contributed by atoms with E-state index in [1.54, 1.807) is 0 Å². The van der Waals surface area contributed by atoms with E-state index in [2.05, 4.69) is 161 Å². The average Bonchev–Trinajstić information content (AvgIpc) is 3.95. The van der Waals surface area contributed by atoms with Gasteiger partial charge in [0.2, 0.25) is 0 Å². The zero-order chi connectivity index (χ0) is 33.9. The molecule has 1 aliphatic carbocycles. The average molecular weight is 683 g/mol. The second-order valence-corrected chi connectivity index (χ2v) is 15.0. The van der Waals surface area contributed by atoms with Crippen molar-refractivity contribution in [2.24, 2.45) is 0 Å². The Labute approximate surface area is 302 Å². The third kappa shape index (κ3) is 3.79. The van der Waals surface area contributed by atoms with Crippen LogP contribution in [-0.4, -0.2) is 9.13 Å². The lowest BCUT2D eigenvalue weighted by Gasteiger charge is -2.17. The van der Waals surface area contributed by atoms with E-state index in [4.69, 9.17) is 4.42 Å². The van der Waals surface area contributed by atoms with Gasteiger partial charge in [-0.1, -0.05) is 115 Å². The van der Waals surface area contributed by atoms with Crippen LogP contribution in [-0.2, 0) is 6.42 Å². The van der Waals surface area contributed by atoms with E-state index < -0.39 is 0 Å². The summed E-state index contributed by atoms with van der Waals surface area (Å²) in [6, 6.07) is 53.2. The van der Waals surface area contributed by atoms with Gasteiger partial charge in [-0.25, -0.2) is 0 Å². The molecule has 4 aromatic heterocycles. The lowest BCUT2D eigenvalue weighted by Crippen LogP contribution is -2.05. The largest absolute Gasteiger partial charge is 0.455 e. The predicted molar refractivity (Wildman–Crippen MR) is 221 cm³/mol. The Hall–Kier alpha value is -6.36. The summed E-state index contributed by atoms with van der Waals surface area (Å²) in [5, 5.41) is 8.81. The molecule has 7 aromatic carbocycles. The van der Waals surface area contributed by atoms with Crippen LogP contribution in [0, 0.1) is 0 Å². The van der Waals surface area contributed by atoms with Gasteiger partial charge in [0, 0.05) is 69.6 Å². The monoisotopic (exact) mass is 682 g/mol. The van der Waals surface area contributed by atoms with E-state index in [9.17, 15) is 0 Å². The van der Waals surface area contributed by atoms with Crippen molar-refractivity contribution >= 4 is 92.2 Å². The molecule has 0 spiro atoms. The molecule has 0 fully saturated rings. The number of hydrogen-bond acceptors (Lipinski definition) is 2. The second kappa shape index (κ2) is 10.6. The summed E-state index contributed by atoms with van der Waals surface area (Å²) in [4.78, 5) is 0. The Morgan fingerprint density at radius 3 is 2.33 bits per heavy atom. The fraction of sp³-hybridized carbons (Fsp3) is 0.0417. The Kier molecular flexibility index (Phi) is 5.77. The number of thiophene rings is 1. The highest BCUT2D eigenvalue weighted by Gasteiger charge is 2.24. The summed E-state index contributed by atoms with van der Waals surface area (Å²) in [6.07, 6.45) is 6.70. The third-order valence-electron chi connectivity index (χ3n) is 11.2. The van der Waals surface area contributed by atoms with Crippen LogP contribution in [0.25, 0.3) is 103 Å². The van der Waals surface area contributed by atoms with Gasteiger partial charge in [-0.3, -0.25) is 0 Å². The van der Waals surface area contributed by atoms with Gasteiger partial charge in [0.15, 0.2) is 0 Å². The van der Waals surface area contributed by atoms with E-state index in [0.717, 1.165) is 51.6 Å². The van der Waals surface area contributed by atoms with Gasteiger partial charge in [-0.15, -0.1) is 11.3 Å². The zero-order valence-electron chi connectivity index (χ0n) is 28.1. The Morgan fingerprint density at radius 2 is 1.37 bits per heavy atom. The van der Waals surface area contributed by atoms with E-state index in [0.29, 0.717) is 0 Å². The van der Waals surface area contributed by atoms with E-state index >= 15 is 0 Å². The van der Waals surface area contributed by atoms with Crippen LogP contribution < -0.4 is 0 Å². The lowest BCUT2D eigenvalue weighted by molar-refractivity contribution is 0.670. The van der Waals surface area contributed by atoms with Crippen molar-refractivity contribution in [1.29, 1.82) is 0 Å². The van der Waals surface area contributed by atoms with Crippen LogP contribution in [0.4, 0.5) is 0 Å². The first-order chi connectivity index (χ1) is 25.8. The maximum atomic E-state index is 6.53. The highest BCUT2D eigenvalue weighted by Crippen LogP contribution is 2.46. The normalized spacial score (nSPS) is 13.2. The summed E-state index contributed by atoms with van der Waals surface area (Å²) in [5.41, 5.74) is 12.8. The Balaban J connectivity index is 1.21. The minimum atomic E-state index is 0.914. The molecule has 11 aromatic rings. The highest BCUT2D eigenvalue weighted by molar-refractivity contribution is 7.26. The molecule has 4 heterocycles. The standard InChI is InChI=1S/C48H30N2OS/c1-5-21-39-32(14-1)33-15-2-6-22-40(33)50(39)42-23-11-20-38-45-41(27-26-37-35-17-4-8-25-44(35)52-48(37)45)49(46(38)42)30-13-9-12-29(28-30)31-18-10-19-36-34-16-3-7-24-43(34)51-47(31)36/h1-5,7-21,23-28H,6,22H2. The van der Waals surface area contributed by atoms with Crippen molar-refractivity contribution in [3.8, 4) is 22.5 Å². The van der Waals surface area contributed by atoms with Crippen LogP contribution >= 0.6 is 11.3 Å². The van der Waals surface area contributed by atoms with Crippen molar-refractivity contribution in [3.05, 3.63) is 163 Å². The van der Waals surface area contributed by atoms with E-state index in [1.165, 1.54) is 69.8 Å². The summed E-state index contributed by atoms with van der Waals surface area (Å²) in [7, 11) is 0. The van der Waals surface area contributed by atoms with Crippen LogP contribution in [0.5, 0.6) is 0 Å². The summed E-state index contributed by atoms with van der Waals surface area (Å²) >= 11 is 1.90.